The van der Waals surface area contributed by atoms with Gasteiger partial charge in [-0.2, -0.15) is 0 Å². The summed E-state index contributed by atoms with van der Waals surface area (Å²) in [6.45, 7) is 1.97. The minimum atomic E-state index is -0.713. The molecule has 3 rings (SSSR count). The molecule has 4 heteroatoms. The van der Waals surface area contributed by atoms with Crippen LogP contribution in [0.1, 0.15) is 43.6 Å². The smallest absolute Gasteiger partial charge is 0.303 e. The quantitative estimate of drug-likeness (QED) is 0.845. The number of carboxylic acids is 1. The minimum absolute atomic E-state index is 0.135. The maximum atomic E-state index is 11.1. The average molecular weight is 289 g/mol. The van der Waals surface area contributed by atoms with Gasteiger partial charge in [-0.05, 0) is 61.8 Å². The Hall–Kier alpha value is -1.55. The second-order valence-corrected chi connectivity index (χ2v) is 6.20. The lowest BCUT2D eigenvalue weighted by molar-refractivity contribution is -0.137. The first-order chi connectivity index (χ1) is 10.2. The molecular weight excluding hydrogens is 266 g/mol. The fraction of sp³-hybridized carbons (Fsp3) is 0.588. The molecule has 4 nitrogen and oxygen atoms in total. The van der Waals surface area contributed by atoms with Crippen LogP contribution in [0.15, 0.2) is 24.3 Å². The molecular formula is C17H23NO3. The lowest BCUT2D eigenvalue weighted by Crippen LogP contribution is -2.37. The highest BCUT2D eigenvalue weighted by atomic mass is 16.5. The molecule has 0 aromatic heterocycles. The third-order valence-electron chi connectivity index (χ3n) is 4.43. The number of carbonyl (C=O) groups is 1. The zero-order chi connectivity index (χ0) is 14.7. The Morgan fingerprint density at radius 2 is 2.24 bits per heavy atom. The molecule has 1 aromatic rings. The van der Waals surface area contributed by atoms with Gasteiger partial charge in [-0.3, -0.25) is 4.79 Å². The first-order valence-electron chi connectivity index (χ1n) is 7.91. The van der Waals surface area contributed by atoms with Gasteiger partial charge in [0.1, 0.15) is 11.9 Å². The highest BCUT2D eigenvalue weighted by Gasteiger charge is 2.33. The molecule has 2 aliphatic rings. The molecule has 2 unspecified atom stereocenters. The summed E-state index contributed by atoms with van der Waals surface area (Å²) in [6, 6.07) is 8.04. The molecule has 1 saturated heterocycles. The highest BCUT2D eigenvalue weighted by Crippen LogP contribution is 2.45. The highest BCUT2D eigenvalue weighted by molar-refractivity contribution is 5.68. The van der Waals surface area contributed by atoms with Gasteiger partial charge < -0.3 is 15.2 Å². The standard InChI is InChI=1S/C17H23NO3/c19-17(20)10-16(12-6-7-12)13-3-1-4-14(9-13)21-15-5-2-8-18-11-15/h1,3-4,9,12,15-16,18H,2,5-8,10-11H2,(H,19,20). The molecule has 2 fully saturated rings. The number of carboxylic acid groups (broad SMARTS) is 1. The summed E-state index contributed by atoms with van der Waals surface area (Å²) in [7, 11) is 0. The van der Waals surface area contributed by atoms with Crippen LogP contribution in [0.4, 0.5) is 0 Å². The molecule has 1 heterocycles. The zero-order valence-corrected chi connectivity index (χ0v) is 12.3. The number of benzene rings is 1. The third kappa shape index (κ3) is 3.97. The number of piperidine rings is 1. The van der Waals surface area contributed by atoms with Crippen molar-refractivity contribution in [2.24, 2.45) is 5.92 Å². The van der Waals surface area contributed by atoms with Crippen molar-refractivity contribution in [3.63, 3.8) is 0 Å². The second-order valence-electron chi connectivity index (χ2n) is 6.20. The van der Waals surface area contributed by atoms with E-state index >= 15 is 0 Å². The summed E-state index contributed by atoms with van der Waals surface area (Å²) in [6.07, 6.45) is 4.98. The zero-order valence-electron chi connectivity index (χ0n) is 12.3. The van der Waals surface area contributed by atoms with Crippen molar-refractivity contribution in [1.82, 2.24) is 5.32 Å². The first kappa shape index (κ1) is 14.4. The van der Waals surface area contributed by atoms with Crippen LogP contribution in [-0.2, 0) is 4.79 Å². The summed E-state index contributed by atoms with van der Waals surface area (Å²) in [4.78, 5) is 11.1. The van der Waals surface area contributed by atoms with Crippen LogP contribution in [0.5, 0.6) is 5.75 Å². The van der Waals surface area contributed by atoms with E-state index in [2.05, 4.69) is 5.32 Å². The van der Waals surface area contributed by atoms with Gasteiger partial charge in [0.2, 0.25) is 0 Å². The minimum Gasteiger partial charge on any atom is -0.489 e. The Bertz CT molecular complexity index is 493. The maximum Gasteiger partial charge on any atom is 0.303 e. The molecule has 1 aliphatic heterocycles. The van der Waals surface area contributed by atoms with Gasteiger partial charge >= 0.3 is 5.97 Å². The van der Waals surface area contributed by atoms with E-state index in [1.807, 2.05) is 24.3 Å². The van der Waals surface area contributed by atoms with E-state index in [0.29, 0.717) is 5.92 Å². The van der Waals surface area contributed by atoms with Crippen molar-refractivity contribution in [3.05, 3.63) is 29.8 Å². The van der Waals surface area contributed by atoms with E-state index in [1.54, 1.807) is 0 Å². The Balaban J connectivity index is 1.70. The van der Waals surface area contributed by atoms with E-state index in [0.717, 1.165) is 50.1 Å². The molecule has 1 aliphatic carbocycles. The number of hydrogen-bond donors (Lipinski definition) is 2. The average Bonchev–Trinajstić information content (AvgIpc) is 3.30. The predicted molar refractivity (Wildman–Crippen MR) is 80.7 cm³/mol. The molecule has 1 saturated carbocycles. The summed E-state index contributed by atoms with van der Waals surface area (Å²) in [5, 5.41) is 12.5. The summed E-state index contributed by atoms with van der Waals surface area (Å²) < 4.78 is 6.04. The molecule has 114 valence electrons. The second kappa shape index (κ2) is 6.48. The normalized spacial score (nSPS) is 23.5. The van der Waals surface area contributed by atoms with Crippen LogP contribution in [0.3, 0.4) is 0 Å². The summed E-state index contributed by atoms with van der Waals surface area (Å²) in [5.74, 6) is 0.829. The SMILES string of the molecule is O=C(O)CC(c1cccc(OC2CCCNC2)c1)C1CC1. The molecule has 21 heavy (non-hydrogen) atoms. The van der Waals surface area contributed by atoms with Crippen molar-refractivity contribution in [1.29, 1.82) is 0 Å². The van der Waals surface area contributed by atoms with Crippen LogP contribution < -0.4 is 10.1 Å². The van der Waals surface area contributed by atoms with Crippen molar-refractivity contribution in [3.8, 4) is 5.75 Å². The number of ether oxygens (including phenoxy) is 1. The summed E-state index contributed by atoms with van der Waals surface area (Å²) in [5.41, 5.74) is 1.11. The number of hydrogen-bond acceptors (Lipinski definition) is 3. The molecule has 0 amide bonds. The van der Waals surface area contributed by atoms with E-state index in [1.165, 1.54) is 0 Å². The van der Waals surface area contributed by atoms with Crippen LogP contribution in [0.25, 0.3) is 0 Å². The van der Waals surface area contributed by atoms with Crippen molar-refractivity contribution in [2.75, 3.05) is 13.1 Å². The number of aliphatic carboxylic acids is 1. The Morgan fingerprint density at radius 1 is 1.38 bits per heavy atom. The molecule has 2 N–H and O–H groups in total. The monoisotopic (exact) mass is 289 g/mol. The lowest BCUT2D eigenvalue weighted by atomic mass is 9.91. The van der Waals surface area contributed by atoms with E-state index in [9.17, 15) is 4.79 Å². The van der Waals surface area contributed by atoms with Crippen LogP contribution in [0.2, 0.25) is 0 Å². The van der Waals surface area contributed by atoms with Crippen molar-refractivity contribution in [2.45, 2.75) is 44.1 Å². The molecule has 2 atom stereocenters. The van der Waals surface area contributed by atoms with Gasteiger partial charge in [0.15, 0.2) is 0 Å². The molecule has 0 spiro atoms. The van der Waals surface area contributed by atoms with Crippen molar-refractivity contribution < 1.29 is 14.6 Å². The number of rotatable bonds is 6. The fourth-order valence-electron chi connectivity index (χ4n) is 3.17. The fourth-order valence-corrected chi connectivity index (χ4v) is 3.17. The third-order valence-corrected chi connectivity index (χ3v) is 4.43. The lowest BCUT2D eigenvalue weighted by Gasteiger charge is -2.24. The van der Waals surface area contributed by atoms with Gasteiger partial charge in [0.05, 0.1) is 6.42 Å². The predicted octanol–water partition coefficient (Wildman–Crippen LogP) is 2.79. The number of nitrogens with one attached hydrogen (secondary N) is 1. The van der Waals surface area contributed by atoms with Gasteiger partial charge in [0, 0.05) is 6.54 Å². The van der Waals surface area contributed by atoms with Crippen LogP contribution in [-0.4, -0.2) is 30.3 Å². The van der Waals surface area contributed by atoms with E-state index < -0.39 is 5.97 Å². The van der Waals surface area contributed by atoms with Crippen LogP contribution in [0, 0.1) is 5.92 Å². The maximum absolute atomic E-state index is 11.1. The summed E-state index contributed by atoms with van der Waals surface area (Å²) >= 11 is 0. The topological polar surface area (TPSA) is 58.6 Å². The van der Waals surface area contributed by atoms with Gasteiger partial charge in [-0.25, -0.2) is 0 Å². The Labute approximate surface area is 125 Å². The van der Waals surface area contributed by atoms with Crippen LogP contribution >= 0.6 is 0 Å². The van der Waals surface area contributed by atoms with E-state index in [4.69, 9.17) is 9.84 Å². The molecule has 0 radical (unpaired) electrons. The van der Waals surface area contributed by atoms with E-state index in [-0.39, 0.29) is 18.4 Å². The molecule has 0 bridgehead atoms. The van der Waals surface area contributed by atoms with Crippen molar-refractivity contribution >= 4 is 5.97 Å². The van der Waals surface area contributed by atoms with Gasteiger partial charge in [-0.15, -0.1) is 0 Å². The Morgan fingerprint density at radius 3 is 2.90 bits per heavy atom. The van der Waals surface area contributed by atoms with Gasteiger partial charge in [0.25, 0.3) is 0 Å². The first-order valence-corrected chi connectivity index (χ1v) is 7.91. The largest absolute Gasteiger partial charge is 0.489 e. The molecule has 1 aromatic carbocycles. The Kier molecular flexibility index (Phi) is 4.44. The van der Waals surface area contributed by atoms with Gasteiger partial charge in [-0.1, -0.05) is 12.1 Å².